The molecule has 0 saturated heterocycles. The predicted molar refractivity (Wildman–Crippen MR) is 95.7 cm³/mol. The lowest BCUT2D eigenvalue weighted by atomic mass is 10.2. The molecule has 5 aromatic rings. The molecule has 8 heteroatoms. The molecule has 1 N–H and O–H groups in total. The normalized spacial score (nSPS) is 11.4. The van der Waals surface area contributed by atoms with Crippen molar-refractivity contribution in [2.45, 2.75) is 6.54 Å². The minimum absolute atomic E-state index is 0.236. The van der Waals surface area contributed by atoms with E-state index in [2.05, 4.69) is 25.1 Å². The van der Waals surface area contributed by atoms with Crippen LogP contribution in [-0.2, 0) is 6.54 Å². The van der Waals surface area contributed by atoms with Gasteiger partial charge in [0.25, 0.3) is 0 Å². The van der Waals surface area contributed by atoms with E-state index in [1.165, 1.54) is 4.40 Å². The molecular weight excluding hydrogens is 330 g/mol. The first-order valence-corrected chi connectivity index (χ1v) is 8.08. The van der Waals surface area contributed by atoms with E-state index in [1.54, 1.807) is 35.4 Å². The second kappa shape index (κ2) is 5.62. The van der Waals surface area contributed by atoms with Gasteiger partial charge >= 0.3 is 5.69 Å². The summed E-state index contributed by atoms with van der Waals surface area (Å²) < 4.78 is 3.14. The maximum absolute atomic E-state index is 13.3. The Hall–Kier alpha value is -3.81. The predicted octanol–water partition coefficient (Wildman–Crippen LogP) is 1.88. The summed E-state index contributed by atoms with van der Waals surface area (Å²) in [5.41, 5.74) is 3.23. The van der Waals surface area contributed by atoms with Crippen LogP contribution >= 0.6 is 0 Å². The number of imidazole rings is 1. The molecule has 0 radical (unpaired) electrons. The minimum atomic E-state index is -0.236. The summed E-state index contributed by atoms with van der Waals surface area (Å²) in [7, 11) is 0. The second-order valence-electron chi connectivity index (χ2n) is 5.87. The van der Waals surface area contributed by atoms with Gasteiger partial charge in [0, 0.05) is 18.0 Å². The molecular formula is C18H13N7O. The smallest absolute Gasteiger partial charge is 0.337 e. The first-order chi connectivity index (χ1) is 12.8. The number of hydrogen-bond acceptors (Lipinski definition) is 5. The highest BCUT2D eigenvalue weighted by molar-refractivity contribution is 5.86. The van der Waals surface area contributed by atoms with Crippen LogP contribution < -0.4 is 5.69 Å². The summed E-state index contributed by atoms with van der Waals surface area (Å²) >= 11 is 0. The molecule has 0 spiro atoms. The number of hydrogen-bond donors (Lipinski definition) is 1. The monoisotopic (exact) mass is 343 g/mol. The standard InChI is InChI=1S/C18H13N7O/c26-18-24(10-12-4-2-1-3-5-12)16-14(20-11-21-16)17-23-22-15(25(17)18)13-6-8-19-9-7-13/h1-9,11H,10H2,(H,20,21). The van der Waals surface area contributed by atoms with Crippen molar-refractivity contribution in [3.05, 3.63) is 77.2 Å². The van der Waals surface area contributed by atoms with E-state index in [-0.39, 0.29) is 5.69 Å². The lowest BCUT2D eigenvalue weighted by molar-refractivity contribution is 0.740. The summed E-state index contributed by atoms with van der Waals surface area (Å²) in [5.74, 6) is 0.478. The van der Waals surface area contributed by atoms with E-state index in [1.807, 2.05) is 30.3 Å². The Morgan fingerprint density at radius 2 is 1.77 bits per heavy atom. The molecule has 0 saturated carbocycles. The van der Waals surface area contributed by atoms with Gasteiger partial charge in [0.1, 0.15) is 5.52 Å². The highest BCUT2D eigenvalue weighted by atomic mass is 16.1. The molecule has 0 fully saturated rings. The Bertz CT molecular complexity index is 1270. The number of pyridine rings is 1. The Morgan fingerprint density at radius 1 is 0.962 bits per heavy atom. The van der Waals surface area contributed by atoms with Crippen LogP contribution in [-0.4, -0.2) is 34.1 Å². The fraction of sp³-hybridized carbons (Fsp3) is 0.0556. The molecule has 0 bridgehead atoms. The van der Waals surface area contributed by atoms with Crippen LogP contribution in [0.5, 0.6) is 0 Å². The molecule has 26 heavy (non-hydrogen) atoms. The summed E-state index contributed by atoms with van der Waals surface area (Å²) in [6.45, 7) is 0.408. The van der Waals surface area contributed by atoms with E-state index in [0.717, 1.165) is 11.1 Å². The largest absolute Gasteiger partial charge is 0.340 e. The maximum atomic E-state index is 13.3. The highest BCUT2D eigenvalue weighted by Gasteiger charge is 2.19. The van der Waals surface area contributed by atoms with Crippen molar-refractivity contribution in [2.24, 2.45) is 0 Å². The van der Waals surface area contributed by atoms with Gasteiger partial charge in [0.05, 0.1) is 12.9 Å². The number of rotatable bonds is 3. The minimum Gasteiger partial charge on any atom is -0.340 e. The Balaban J connectivity index is 1.83. The maximum Gasteiger partial charge on any atom is 0.337 e. The molecule has 4 aromatic heterocycles. The molecule has 0 atom stereocenters. The lowest BCUT2D eigenvalue weighted by Gasteiger charge is -2.09. The fourth-order valence-electron chi connectivity index (χ4n) is 3.09. The molecule has 0 amide bonds. The zero-order valence-electron chi connectivity index (χ0n) is 13.6. The van der Waals surface area contributed by atoms with Gasteiger partial charge in [0.15, 0.2) is 17.1 Å². The molecule has 0 aliphatic carbocycles. The zero-order chi connectivity index (χ0) is 17.5. The molecule has 1 aromatic carbocycles. The number of nitrogens with one attached hydrogen (secondary N) is 1. The molecule has 0 aliphatic rings. The first-order valence-electron chi connectivity index (χ1n) is 8.08. The van der Waals surface area contributed by atoms with Gasteiger partial charge in [0.2, 0.25) is 0 Å². The van der Waals surface area contributed by atoms with Gasteiger partial charge < -0.3 is 4.98 Å². The summed E-state index contributed by atoms with van der Waals surface area (Å²) in [4.78, 5) is 24.7. The topological polar surface area (TPSA) is 93.8 Å². The number of H-pyrrole nitrogens is 1. The fourth-order valence-corrected chi connectivity index (χ4v) is 3.09. The molecule has 0 aliphatic heterocycles. The Kier molecular flexibility index (Phi) is 3.14. The van der Waals surface area contributed by atoms with Crippen molar-refractivity contribution in [3.8, 4) is 11.4 Å². The van der Waals surface area contributed by atoms with Gasteiger partial charge in [-0.2, -0.15) is 0 Å². The van der Waals surface area contributed by atoms with Gasteiger partial charge in [-0.3, -0.25) is 9.55 Å². The van der Waals surface area contributed by atoms with E-state index >= 15 is 0 Å². The summed E-state index contributed by atoms with van der Waals surface area (Å²) in [6.07, 6.45) is 4.88. The Morgan fingerprint density at radius 3 is 2.58 bits per heavy atom. The first kappa shape index (κ1) is 14.5. The van der Waals surface area contributed by atoms with Crippen molar-refractivity contribution in [1.29, 1.82) is 0 Å². The number of fused-ring (bicyclic) bond motifs is 3. The molecule has 126 valence electrons. The van der Waals surface area contributed by atoms with Crippen LogP contribution in [0.3, 0.4) is 0 Å². The van der Waals surface area contributed by atoms with Gasteiger partial charge in [-0.25, -0.2) is 14.2 Å². The lowest BCUT2D eigenvalue weighted by Crippen LogP contribution is -2.28. The van der Waals surface area contributed by atoms with Crippen LogP contribution in [0.4, 0.5) is 0 Å². The number of nitrogens with zero attached hydrogens (tertiary/aromatic N) is 6. The molecule has 8 nitrogen and oxygen atoms in total. The highest BCUT2D eigenvalue weighted by Crippen LogP contribution is 2.20. The van der Waals surface area contributed by atoms with Gasteiger partial charge in [-0.05, 0) is 17.7 Å². The average molecular weight is 343 g/mol. The van der Waals surface area contributed by atoms with Crippen LogP contribution in [0.1, 0.15) is 5.56 Å². The summed E-state index contributed by atoms with van der Waals surface area (Å²) in [5, 5.41) is 8.44. The third-order valence-corrected chi connectivity index (χ3v) is 4.31. The van der Waals surface area contributed by atoms with E-state index in [4.69, 9.17) is 0 Å². The number of benzene rings is 1. The van der Waals surface area contributed by atoms with Gasteiger partial charge in [-0.15, -0.1) is 10.2 Å². The second-order valence-corrected chi connectivity index (χ2v) is 5.87. The molecule has 4 heterocycles. The van der Waals surface area contributed by atoms with Crippen molar-refractivity contribution in [2.75, 3.05) is 0 Å². The number of aromatic amines is 1. The summed E-state index contributed by atoms with van der Waals surface area (Å²) in [6, 6.07) is 13.4. The van der Waals surface area contributed by atoms with Crippen molar-refractivity contribution < 1.29 is 0 Å². The van der Waals surface area contributed by atoms with Gasteiger partial charge in [-0.1, -0.05) is 30.3 Å². The van der Waals surface area contributed by atoms with Crippen LogP contribution in [0.15, 0.2) is 66.0 Å². The van der Waals surface area contributed by atoms with Crippen molar-refractivity contribution in [1.82, 2.24) is 34.1 Å². The number of aromatic nitrogens is 7. The van der Waals surface area contributed by atoms with E-state index < -0.39 is 0 Å². The van der Waals surface area contributed by atoms with Crippen LogP contribution in [0.25, 0.3) is 28.2 Å². The van der Waals surface area contributed by atoms with Crippen LogP contribution in [0, 0.1) is 0 Å². The third-order valence-electron chi connectivity index (χ3n) is 4.31. The van der Waals surface area contributed by atoms with Crippen LogP contribution in [0.2, 0.25) is 0 Å². The zero-order valence-corrected chi connectivity index (χ0v) is 13.6. The van der Waals surface area contributed by atoms with Crippen molar-refractivity contribution >= 4 is 16.8 Å². The quantitative estimate of drug-likeness (QED) is 0.540. The van der Waals surface area contributed by atoms with Crippen molar-refractivity contribution in [3.63, 3.8) is 0 Å². The molecule has 0 unspecified atom stereocenters. The SMILES string of the molecule is O=c1n(Cc2ccccc2)c2nc[nH]c2c2nnc(-c3ccncc3)n12. The average Bonchev–Trinajstić information content (AvgIpc) is 3.33. The van der Waals surface area contributed by atoms with E-state index in [0.29, 0.717) is 29.2 Å². The molecule has 5 rings (SSSR count). The Labute approximate surface area is 146 Å². The third kappa shape index (κ3) is 2.12. The van der Waals surface area contributed by atoms with E-state index in [9.17, 15) is 4.79 Å².